The molecule has 0 saturated heterocycles. The van der Waals surface area contributed by atoms with Crippen LogP contribution in [0.25, 0.3) is 11.0 Å². The zero-order chi connectivity index (χ0) is 16.6. The molecule has 0 aliphatic rings. The topological polar surface area (TPSA) is 51.5 Å². The highest BCUT2D eigenvalue weighted by Crippen LogP contribution is 2.29. The number of furan rings is 1. The van der Waals surface area contributed by atoms with Crippen molar-refractivity contribution >= 4 is 22.6 Å². The third-order valence-corrected chi connectivity index (χ3v) is 3.71. The molecule has 0 atom stereocenters. The van der Waals surface area contributed by atoms with Crippen LogP contribution in [0.1, 0.15) is 21.7 Å². The van der Waals surface area contributed by atoms with E-state index in [1.165, 1.54) is 25.3 Å². The van der Waals surface area contributed by atoms with Crippen LogP contribution in [0, 0.1) is 19.7 Å². The number of carbonyl (C=O) groups is 1. The van der Waals surface area contributed by atoms with Gasteiger partial charge in [-0.1, -0.05) is 6.07 Å². The van der Waals surface area contributed by atoms with Crippen molar-refractivity contribution in [2.45, 2.75) is 13.8 Å². The minimum Gasteiger partial charge on any atom is -0.495 e. The highest BCUT2D eigenvalue weighted by atomic mass is 19.1. The predicted octanol–water partition coefficient (Wildman–Crippen LogP) is 4.45. The fourth-order valence-corrected chi connectivity index (χ4v) is 2.51. The highest BCUT2D eigenvalue weighted by Gasteiger charge is 2.19. The molecule has 1 N–H and O–H groups in total. The van der Waals surface area contributed by atoms with Gasteiger partial charge < -0.3 is 14.5 Å². The van der Waals surface area contributed by atoms with E-state index >= 15 is 0 Å². The Morgan fingerprint density at radius 1 is 1.17 bits per heavy atom. The van der Waals surface area contributed by atoms with Crippen molar-refractivity contribution < 1.29 is 18.3 Å². The standard InChI is InChI=1S/C18H16FNO3/c1-10-4-6-16(22-3)14(8-10)20-18(21)17-11(2)13-9-12(19)5-7-15(13)23-17/h4-9H,1-3H3,(H,20,21). The molecule has 23 heavy (non-hydrogen) atoms. The van der Waals surface area contributed by atoms with E-state index in [0.717, 1.165) is 5.56 Å². The minimum absolute atomic E-state index is 0.161. The Balaban J connectivity index is 1.98. The predicted molar refractivity (Wildman–Crippen MR) is 86.6 cm³/mol. The zero-order valence-electron chi connectivity index (χ0n) is 13.1. The van der Waals surface area contributed by atoms with E-state index in [0.29, 0.717) is 28.0 Å². The smallest absolute Gasteiger partial charge is 0.291 e. The van der Waals surface area contributed by atoms with Crippen LogP contribution in [0.4, 0.5) is 10.1 Å². The van der Waals surface area contributed by atoms with E-state index in [9.17, 15) is 9.18 Å². The number of fused-ring (bicyclic) bond motifs is 1. The van der Waals surface area contributed by atoms with Crippen LogP contribution in [-0.2, 0) is 0 Å². The first kappa shape index (κ1) is 15.1. The number of nitrogens with one attached hydrogen (secondary N) is 1. The maximum atomic E-state index is 13.4. The number of hydrogen-bond acceptors (Lipinski definition) is 3. The van der Waals surface area contributed by atoms with Gasteiger partial charge in [0.15, 0.2) is 5.76 Å². The molecule has 118 valence electrons. The van der Waals surface area contributed by atoms with Crippen LogP contribution in [0.5, 0.6) is 5.75 Å². The second-order valence-electron chi connectivity index (χ2n) is 5.35. The quantitative estimate of drug-likeness (QED) is 0.777. The van der Waals surface area contributed by atoms with Gasteiger partial charge in [-0.2, -0.15) is 0 Å². The van der Waals surface area contributed by atoms with E-state index < -0.39 is 5.91 Å². The molecule has 4 nitrogen and oxygen atoms in total. The Labute approximate surface area is 132 Å². The Bertz CT molecular complexity index is 899. The second kappa shape index (κ2) is 5.76. The lowest BCUT2D eigenvalue weighted by Gasteiger charge is -2.10. The van der Waals surface area contributed by atoms with Crippen molar-refractivity contribution in [2.75, 3.05) is 12.4 Å². The van der Waals surface area contributed by atoms with Crippen LogP contribution in [0.15, 0.2) is 40.8 Å². The van der Waals surface area contributed by atoms with Gasteiger partial charge in [-0.3, -0.25) is 4.79 Å². The fourth-order valence-electron chi connectivity index (χ4n) is 2.51. The largest absolute Gasteiger partial charge is 0.495 e. The summed E-state index contributed by atoms with van der Waals surface area (Å²) >= 11 is 0. The summed E-state index contributed by atoms with van der Waals surface area (Å²) < 4.78 is 24.2. The van der Waals surface area contributed by atoms with Gasteiger partial charge in [-0.15, -0.1) is 0 Å². The number of benzene rings is 2. The van der Waals surface area contributed by atoms with Crippen LogP contribution in [0.3, 0.4) is 0 Å². The highest BCUT2D eigenvalue weighted by molar-refractivity contribution is 6.07. The van der Waals surface area contributed by atoms with Crippen molar-refractivity contribution in [3.63, 3.8) is 0 Å². The lowest BCUT2D eigenvalue weighted by Crippen LogP contribution is -2.13. The summed E-state index contributed by atoms with van der Waals surface area (Å²) in [4.78, 5) is 12.5. The first-order chi connectivity index (χ1) is 11.0. The number of anilines is 1. The van der Waals surface area contributed by atoms with Gasteiger partial charge in [-0.05, 0) is 49.7 Å². The lowest BCUT2D eigenvalue weighted by molar-refractivity contribution is 0.0997. The molecule has 2 aromatic carbocycles. The molecule has 0 fully saturated rings. The first-order valence-electron chi connectivity index (χ1n) is 7.14. The number of aryl methyl sites for hydroxylation is 2. The maximum absolute atomic E-state index is 13.4. The van der Waals surface area contributed by atoms with E-state index in [1.54, 1.807) is 13.0 Å². The van der Waals surface area contributed by atoms with Gasteiger partial charge in [0, 0.05) is 10.9 Å². The fraction of sp³-hybridized carbons (Fsp3) is 0.167. The molecule has 0 aliphatic heterocycles. The van der Waals surface area contributed by atoms with Gasteiger partial charge in [0.2, 0.25) is 0 Å². The van der Waals surface area contributed by atoms with Crippen LogP contribution < -0.4 is 10.1 Å². The molecule has 0 bridgehead atoms. The zero-order valence-corrected chi connectivity index (χ0v) is 13.1. The normalized spacial score (nSPS) is 10.8. The number of ether oxygens (including phenoxy) is 1. The molecule has 0 unspecified atom stereocenters. The molecule has 3 aromatic rings. The van der Waals surface area contributed by atoms with Gasteiger partial charge in [-0.25, -0.2) is 4.39 Å². The Morgan fingerprint density at radius 2 is 1.96 bits per heavy atom. The SMILES string of the molecule is COc1ccc(C)cc1NC(=O)c1oc2ccc(F)cc2c1C. The summed E-state index contributed by atoms with van der Waals surface area (Å²) in [7, 11) is 1.54. The summed E-state index contributed by atoms with van der Waals surface area (Å²) in [6.07, 6.45) is 0. The summed E-state index contributed by atoms with van der Waals surface area (Å²) in [5.74, 6) is -0.0466. The molecule has 0 aliphatic carbocycles. The number of rotatable bonds is 3. The molecular formula is C18H16FNO3. The molecule has 1 aromatic heterocycles. The number of amides is 1. The van der Waals surface area contributed by atoms with E-state index in [4.69, 9.17) is 9.15 Å². The number of hydrogen-bond donors (Lipinski definition) is 1. The Kier molecular flexibility index (Phi) is 3.78. The molecule has 1 amide bonds. The monoisotopic (exact) mass is 313 g/mol. The number of halogens is 1. The summed E-state index contributed by atoms with van der Waals surface area (Å²) in [5.41, 5.74) is 2.63. The maximum Gasteiger partial charge on any atom is 0.291 e. The minimum atomic E-state index is -0.400. The van der Waals surface area contributed by atoms with E-state index in [-0.39, 0.29) is 11.6 Å². The van der Waals surface area contributed by atoms with Gasteiger partial charge in [0.25, 0.3) is 5.91 Å². The third kappa shape index (κ3) is 2.77. The molecule has 0 radical (unpaired) electrons. The van der Waals surface area contributed by atoms with Crippen LogP contribution >= 0.6 is 0 Å². The molecule has 0 spiro atoms. The van der Waals surface area contributed by atoms with Crippen molar-refractivity contribution in [3.05, 3.63) is 59.1 Å². The molecular weight excluding hydrogens is 297 g/mol. The molecule has 0 saturated carbocycles. The van der Waals surface area contributed by atoms with Crippen molar-refractivity contribution in [3.8, 4) is 5.75 Å². The van der Waals surface area contributed by atoms with Crippen LogP contribution in [0.2, 0.25) is 0 Å². The van der Waals surface area contributed by atoms with Gasteiger partial charge in [0.1, 0.15) is 17.1 Å². The van der Waals surface area contributed by atoms with Gasteiger partial charge in [0.05, 0.1) is 12.8 Å². The van der Waals surface area contributed by atoms with Crippen molar-refractivity contribution in [2.24, 2.45) is 0 Å². The first-order valence-corrected chi connectivity index (χ1v) is 7.14. The second-order valence-corrected chi connectivity index (χ2v) is 5.35. The number of methoxy groups -OCH3 is 1. The van der Waals surface area contributed by atoms with E-state index in [2.05, 4.69) is 5.32 Å². The Hall–Kier alpha value is -2.82. The van der Waals surface area contributed by atoms with Crippen LogP contribution in [-0.4, -0.2) is 13.0 Å². The number of carbonyl (C=O) groups excluding carboxylic acids is 1. The molecule has 5 heteroatoms. The van der Waals surface area contributed by atoms with Crippen molar-refractivity contribution in [1.82, 2.24) is 0 Å². The summed E-state index contributed by atoms with van der Waals surface area (Å²) in [6.45, 7) is 3.65. The molecule has 3 rings (SSSR count). The molecule has 1 heterocycles. The summed E-state index contributed by atoms with van der Waals surface area (Å²) in [5, 5.41) is 3.37. The van der Waals surface area contributed by atoms with E-state index in [1.807, 2.05) is 19.1 Å². The van der Waals surface area contributed by atoms with Crippen molar-refractivity contribution in [1.29, 1.82) is 0 Å². The van der Waals surface area contributed by atoms with Gasteiger partial charge >= 0.3 is 0 Å². The third-order valence-electron chi connectivity index (χ3n) is 3.71. The summed E-state index contributed by atoms with van der Waals surface area (Å²) in [6, 6.07) is 9.67. The average Bonchev–Trinajstić information content (AvgIpc) is 2.84. The Morgan fingerprint density at radius 3 is 2.70 bits per heavy atom. The average molecular weight is 313 g/mol. The lowest BCUT2D eigenvalue weighted by atomic mass is 10.1.